The van der Waals surface area contributed by atoms with Gasteiger partial charge >= 0.3 is 0 Å². The molecule has 42 valence electrons. The molecule has 0 saturated heterocycles. The van der Waals surface area contributed by atoms with Crippen LogP contribution in [0.3, 0.4) is 0 Å². The zero-order valence-electron chi connectivity index (χ0n) is 4.55. The van der Waals surface area contributed by atoms with Gasteiger partial charge in [-0.2, -0.15) is 0 Å². The second-order valence-electron chi connectivity index (χ2n) is 1.52. The van der Waals surface area contributed by atoms with Crippen molar-refractivity contribution in [2.75, 3.05) is 13.3 Å². The molecule has 0 N–H and O–H groups in total. The van der Waals surface area contributed by atoms with E-state index < -0.39 is 7.37 Å². The average Bonchev–Trinajstić information content (AvgIpc) is 1.30. The number of hydrogen-bond donors (Lipinski definition) is 0. The maximum atomic E-state index is 10.5. The summed E-state index contributed by atoms with van der Waals surface area (Å²) in [6.45, 7) is 6.32. The Morgan fingerprint density at radius 3 is 2.14 bits per heavy atom. The Balaban J connectivity index is 3.57. The molecule has 0 aromatic carbocycles. The van der Waals surface area contributed by atoms with Crippen LogP contribution < -0.4 is 0 Å². The summed E-state index contributed by atoms with van der Waals surface area (Å²) in [5.74, 6) is 0. The largest absolute Gasteiger partial charge is 0.452 e. The summed E-state index contributed by atoms with van der Waals surface area (Å²) in [5, 5.41) is 0. The number of hydrogen-bond acceptors (Lipinski definition) is 2. The van der Waals surface area contributed by atoms with Gasteiger partial charge in [0.15, 0.2) is 0 Å². The minimum Gasteiger partial charge on any atom is -0.452 e. The molecule has 0 aliphatic heterocycles. The van der Waals surface area contributed by atoms with Crippen molar-refractivity contribution in [3.8, 4) is 0 Å². The van der Waals surface area contributed by atoms with Gasteiger partial charge in [-0.25, -0.2) is 0 Å². The minimum atomic E-state index is -2.28. The molecule has 0 rings (SSSR count). The molecule has 0 spiro atoms. The van der Waals surface area contributed by atoms with Crippen LogP contribution in [0.25, 0.3) is 0 Å². The first-order chi connectivity index (χ1) is 3.06. The van der Waals surface area contributed by atoms with Crippen molar-refractivity contribution in [1.29, 1.82) is 0 Å². The van der Waals surface area contributed by atoms with Gasteiger partial charge in [0.05, 0.1) is 6.26 Å². The molecule has 0 fully saturated rings. The summed E-state index contributed by atoms with van der Waals surface area (Å²) in [5.41, 5.74) is 0. The Morgan fingerprint density at radius 1 is 1.71 bits per heavy atom. The van der Waals surface area contributed by atoms with Gasteiger partial charge in [0.2, 0.25) is 7.37 Å². The molecule has 7 heavy (non-hydrogen) atoms. The Bertz CT molecular complexity index is 102. The Labute approximate surface area is 43.6 Å². The summed E-state index contributed by atoms with van der Waals surface area (Å²) in [4.78, 5) is 0. The van der Waals surface area contributed by atoms with Crippen molar-refractivity contribution in [3.63, 3.8) is 0 Å². The molecular weight excluding hydrogens is 111 g/mol. The lowest BCUT2D eigenvalue weighted by molar-refractivity contribution is 0.453. The Morgan fingerprint density at radius 2 is 2.14 bits per heavy atom. The Hall–Kier alpha value is -0.230. The normalized spacial score (nSPS) is 10.6. The summed E-state index contributed by atoms with van der Waals surface area (Å²) < 4.78 is 15.1. The predicted molar refractivity (Wildman–Crippen MR) is 30.7 cm³/mol. The first kappa shape index (κ1) is 6.77. The maximum Gasteiger partial charge on any atom is 0.241 e. The molecular formula is C4H9O2P. The quantitative estimate of drug-likeness (QED) is 0.409. The molecule has 0 unspecified atom stereocenters. The van der Waals surface area contributed by atoms with Gasteiger partial charge in [0.1, 0.15) is 0 Å². The smallest absolute Gasteiger partial charge is 0.241 e. The fraction of sp³-hybridized carbons (Fsp3) is 0.500. The van der Waals surface area contributed by atoms with Crippen LogP contribution in [0.5, 0.6) is 0 Å². The third kappa shape index (κ3) is 5.77. The molecule has 2 nitrogen and oxygen atoms in total. The SMILES string of the molecule is C=COP(C)(C)=O. The van der Waals surface area contributed by atoms with Crippen molar-refractivity contribution in [2.45, 2.75) is 0 Å². The van der Waals surface area contributed by atoms with Crippen LogP contribution in [0.15, 0.2) is 12.8 Å². The molecule has 0 atom stereocenters. The van der Waals surface area contributed by atoms with Crippen LogP contribution in [0, 0.1) is 0 Å². The highest BCUT2D eigenvalue weighted by molar-refractivity contribution is 7.57. The first-order valence-corrected chi connectivity index (χ1v) is 4.42. The second-order valence-corrected chi connectivity index (χ2v) is 4.24. The van der Waals surface area contributed by atoms with Gasteiger partial charge in [-0.1, -0.05) is 6.58 Å². The Kier molecular flexibility index (Phi) is 2.10. The van der Waals surface area contributed by atoms with E-state index in [4.69, 9.17) is 0 Å². The summed E-state index contributed by atoms with van der Waals surface area (Å²) >= 11 is 0. The fourth-order valence-corrected chi connectivity index (χ4v) is 0.539. The van der Waals surface area contributed by atoms with Crippen molar-refractivity contribution < 1.29 is 9.09 Å². The van der Waals surface area contributed by atoms with Crippen LogP contribution in [-0.2, 0) is 9.09 Å². The van der Waals surface area contributed by atoms with Crippen LogP contribution in [0.4, 0.5) is 0 Å². The molecule has 0 aliphatic rings. The summed E-state index contributed by atoms with van der Waals surface area (Å²) in [7, 11) is -2.28. The fourth-order valence-electron chi connectivity index (χ4n) is 0.180. The standard InChI is InChI=1S/C4H9O2P/c1-4-6-7(2,3)5/h4H,1H2,2-3H3. The molecule has 0 saturated carbocycles. The summed E-state index contributed by atoms with van der Waals surface area (Å²) in [6, 6.07) is 0. The summed E-state index contributed by atoms with van der Waals surface area (Å²) in [6.07, 6.45) is 1.20. The van der Waals surface area contributed by atoms with E-state index in [-0.39, 0.29) is 0 Å². The van der Waals surface area contributed by atoms with E-state index >= 15 is 0 Å². The van der Waals surface area contributed by atoms with Crippen LogP contribution >= 0.6 is 7.37 Å². The highest BCUT2D eigenvalue weighted by atomic mass is 31.2. The molecule has 0 aliphatic carbocycles. The second kappa shape index (κ2) is 2.17. The van der Waals surface area contributed by atoms with Crippen LogP contribution in [0.1, 0.15) is 0 Å². The van der Waals surface area contributed by atoms with Crippen molar-refractivity contribution in [2.24, 2.45) is 0 Å². The van der Waals surface area contributed by atoms with E-state index in [1.807, 2.05) is 0 Å². The topological polar surface area (TPSA) is 26.3 Å². The molecule has 0 bridgehead atoms. The lowest BCUT2D eigenvalue weighted by Crippen LogP contribution is -1.72. The lowest BCUT2D eigenvalue weighted by atomic mass is 11.2. The third-order valence-electron chi connectivity index (χ3n) is 0.328. The molecule has 0 aromatic heterocycles. The predicted octanol–water partition coefficient (Wildman–Crippen LogP) is 1.68. The monoisotopic (exact) mass is 120 g/mol. The van der Waals surface area contributed by atoms with Crippen molar-refractivity contribution >= 4 is 7.37 Å². The van der Waals surface area contributed by atoms with Crippen molar-refractivity contribution in [1.82, 2.24) is 0 Å². The lowest BCUT2D eigenvalue weighted by Gasteiger charge is -2.01. The number of rotatable bonds is 2. The maximum absolute atomic E-state index is 10.5. The molecule has 0 aromatic rings. The van der Waals surface area contributed by atoms with Crippen molar-refractivity contribution in [3.05, 3.63) is 12.8 Å². The van der Waals surface area contributed by atoms with Crippen LogP contribution in [-0.4, -0.2) is 13.3 Å². The minimum absolute atomic E-state index is 1.20. The molecule has 0 radical (unpaired) electrons. The zero-order chi connectivity index (χ0) is 5.91. The molecule has 3 heteroatoms. The van der Waals surface area contributed by atoms with E-state index in [0.29, 0.717) is 0 Å². The van der Waals surface area contributed by atoms with E-state index in [2.05, 4.69) is 11.1 Å². The van der Waals surface area contributed by atoms with E-state index in [1.54, 1.807) is 0 Å². The molecule has 0 heterocycles. The molecule has 0 amide bonds. The van der Waals surface area contributed by atoms with Gasteiger partial charge in [-0.15, -0.1) is 0 Å². The van der Waals surface area contributed by atoms with Gasteiger partial charge in [-0.05, 0) is 0 Å². The highest BCUT2D eigenvalue weighted by Gasteiger charge is 2.01. The zero-order valence-corrected chi connectivity index (χ0v) is 5.44. The van der Waals surface area contributed by atoms with E-state index in [9.17, 15) is 4.57 Å². The van der Waals surface area contributed by atoms with E-state index in [0.717, 1.165) is 0 Å². The third-order valence-corrected chi connectivity index (χ3v) is 0.985. The first-order valence-electron chi connectivity index (χ1n) is 1.90. The van der Waals surface area contributed by atoms with Gasteiger partial charge in [-0.3, -0.25) is 4.57 Å². The van der Waals surface area contributed by atoms with Gasteiger partial charge in [0.25, 0.3) is 0 Å². The van der Waals surface area contributed by atoms with Gasteiger partial charge in [0, 0.05) is 13.3 Å². The highest BCUT2D eigenvalue weighted by Crippen LogP contribution is 2.36. The van der Waals surface area contributed by atoms with E-state index in [1.165, 1.54) is 19.6 Å². The average molecular weight is 120 g/mol. The van der Waals surface area contributed by atoms with Crippen LogP contribution in [0.2, 0.25) is 0 Å². The van der Waals surface area contributed by atoms with Gasteiger partial charge < -0.3 is 4.52 Å².